The molecule has 0 radical (unpaired) electrons. The molecule has 0 saturated carbocycles. The highest BCUT2D eigenvalue weighted by molar-refractivity contribution is 5.52. The fraction of sp³-hybridized carbons (Fsp3) is 0.333. The highest BCUT2D eigenvalue weighted by atomic mass is 14.4. The molecule has 0 heterocycles. The van der Waals surface area contributed by atoms with Crippen molar-refractivity contribution in [2.45, 2.75) is 37.5 Å². The van der Waals surface area contributed by atoms with Gasteiger partial charge >= 0.3 is 0 Å². The SMILES string of the molecule is c1ccc2c(c1)C1CCCCC2c2ccccc21. The summed E-state index contributed by atoms with van der Waals surface area (Å²) in [7, 11) is 0. The van der Waals surface area contributed by atoms with Crippen molar-refractivity contribution in [1.29, 1.82) is 0 Å². The van der Waals surface area contributed by atoms with Gasteiger partial charge in [0.15, 0.2) is 0 Å². The Morgan fingerprint density at radius 3 is 1.22 bits per heavy atom. The molecular formula is C18H18. The molecule has 0 saturated heterocycles. The van der Waals surface area contributed by atoms with E-state index in [0.29, 0.717) is 11.8 Å². The minimum atomic E-state index is 0.647. The minimum Gasteiger partial charge on any atom is -0.0620 e. The quantitative estimate of drug-likeness (QED) is 0.612. The van der Waals surface area contributed by atoms with Crippen LogP contribution in [0.4, 0.5) is 0 Å². The molecular weight excluding hydrogens is 216 g/mol. The van der Waals surface area contributed by atoms with Crippen LogP contribution >= 0.6 is 0 Å². The molecule has 0 aromatic heterocycles. The first-order valence-corrected chi connectivity index (χ1v) is 7.13. The Hall–Kier alpha value is -1.56. The van der Waals surface area contributed by atoms with Gasteiger partial charge in [0.25, 0.3) is 0 Å². The van der Waals surface area contributed by atoms with E-state index < -0.39 is 0 Å². The van der Waals surface area contributed by atoms with Gasteiger partial charge in [0.2, 0.25) is 0 Å². The summed E-state index contributed by atoms with van der Waals surface area (Å²) in [6.07, 6.45) is 5.40. The summed E-state index contributed by atoms with van der Waals surface area (Å²) in [5, 5.41) is 0. The van der Waals surface area contributed by atoms with E-state index in [1.165, 1.54) is 25.7 Å². The van der Waals surface area contributed by atoms with Gasteiger partial charge in [-0.2, -0.15) is 0 Å². The molecule has 2 bridgehead atoms. The van der Waals surface area contributed by atoms with Crippen LogP contribution in [0.15, 0.2) is 48.5 Å². The number of rotatable bonds is 0. The van der Waals surface area contributed by atoms with Crippen molar-refractivity contribution in [1.82, 2.24) is 0 Å². The van der Waals surface area contributed by atoms with Crippen LogP contribution in [-0.4, -0.2) is 0 Å². The molecule has 0 aliphatic heterocycles. The predicted molar refractivity (Wildman–Crippen MR) is 75.0 cm³/mol. The molecule has 0 nitrogen and oxygen atoms in total. The second kappa shape index (κ2) is 3.98. The molecule has 0 atom stereocenters. The summed E-state index contributed by atoms with van der Waals surface area (Å²) in [6, 6.07) is 18.2. The number of fused-ring (bicyclic) bond motifs is 3. The molecule has 0 amide bonds. The largest absolute Gasteiger partial charge is 0.0620 e. The van der Waals surface area contributed by atoms with Gasteiger partial charge in [0, 0.05) is 11.8 Å². The lowest BCUT2D eigenvalue weighted by Crippen LogP contribution is -2.20. The molecule has 2 aromatic carbocycles. The summed E-state index contributed by atoms with van der Waals surface area (Å²) in [6.45, 7) is 0. The van der Waals surface area contributed by atoms with Crippen molar-refractivity contribution >= 4 is 0 Å². The average molecular weight is 234 g/mol. The maximum absolute atomic E-state index is 2.36. The number of hydrogen-bond donors (Lipinski definition) is 0. The minimum absolute atomic E-state index is 0.647. The summed E-state index contributed by atoms with van der Waals surface area (Å²) >= 11 is 0. The van der Waals surface area contributed by atoms with Crippen LogP contribution in [0.3, 0.4) is 0 Å². The standard InChI is InChI=1S/C18H18/c1-2-8-14-13(7-1)17-11-5-6-12-18(14)16-10-4-3-9-15(16)17/h1-4,7-10,17-18H,5-6,11-12H2. The monoisotopic (exact) mass is 234 g/mol. The van der Waals surface area contributed by atoms with E-state index in [9.17, 15) is 0 Å². The molecule has 2 aromatic rings. The first-order valence-electron chi connectivity index (χ1n) is 7.13. The van der Waals surface area contributed by atoms with Crippen LogP contribution in [0.1, 0.15) is 59.8 Å². The zero-order valence-electron chi connectivity index (χ0n) is 10.6. The van der Waals surface area contributed by atoms with Gasteiger partial charge in [-0.15, -0.1) is 0 Å². The van der Waals surface area contributed by atoms with Crippen LogP contribution in [0.5, 0.6) is 0 Å². The van der Waals surface area contributed by atoms with Crippen LogP contribution in [0, 0.1) is 0 Å². The van der Waals surface area contributed by atoms with E-state index in [0.717, 1.165) is 0 Å². The molecule has 2 aliphatic rings. The molecule has 90 valence electrons. The molecule has 0 unspecified atom stereocenters. The number of benzene rings is 2. The zero-order valence-corrected chi connectivity index (χ0v) is 10.6. The summed E-state index contributed by atoms with van der Waals surface area (Å²) < 4.78 is 0. The van der Waals surface area contributed by atoms with Gasteiger partial charge in [0.05, 0.1) is 0 Å². The Kier molecular flexibility index (Phi) is 2.29. The second-order valence-corrected chi connectivity index (χ2v) is 5.65. The zero-order chi connectivity index (χ0) is 11.9. The lowest BCUT2D eigenvalue weighted by atomic mass is 9.67. The maximum atomic E-state index is 2.36. The van der Waals surface area contributed by atoms with Crippen molar-refractivity contribution < 1.29 is 0 Å². The first-order chi connectivity index (χ1) is 8.95. The Morgan fingerprint density at radius 1 is 0.556 bits per heavy atom. The molecule has 0 heteroatoms. The summed E-state index contributed by atoms with van der Waals surface area (Å²) in [5.41, 5.74) is 6.39. The summed E-state index contributed by atoms with van der Waals surface area (Å²) in [5.74, 6) is 1.29. The third-order valence-electron chi connectivity index (χ3n) is 4.73. The van der Waals surface area contributed by atoms with E-state index in [-0.39, 0.29) is 0 Å². The van der Waals surface area contributed by atoms with E-state index in [1.54, 1.807) is 22.3 Å². The second-order valence-electron chi connectivity index (χ2n) is 5.65. The van der Waals surface area contributed by atoms with Crippen molar-refractivity contribution in [2.75, 3.05) is 0 Å². The predicted octanol–water partition coefficient (Wildman–Crippen LogP) is 4.84. The normalized spacial score (nSPS) is 24.9. The Morgan fingerprint density at radius 2 is 0.889 bits per heavy atom. The fourth-order valence-corrected chi connectivity index (χ4v) is 3.95. The molecule has 0 N–H and O–H groups in total. The van der Waals surface area contributed by atoms with Crippen molar-refractivity contribution in [3.05, 3.63) is 70.8 Å². The van der Waals surface area contributed by atoms with Crippen molar-refractivity contribution in [2.24, 2.45) is 0 Å². The van der Waals surface area contributed by atoms with Crippen LogP contribution in [0.25, 0.3) is 0 Å². The Balaban J connectivity index is 2.01. The molecule has 0 spiro atoms. The van der Waals surface area contributed by atoms with Crippen molar-refractivity contribution in [3.8, 4) is 0 Å². The van der Waals surface area contributed by atoms with E-state index in [4.69, 9.17) is 0 Å². The third-order valence-corrected chi connectivity index (χ3v) is 4.73. The molecule has 2 aliphatic carbocycles. The van der Waals surface area contributed by atoms with E-state index in [2.05, 4.69) is 48.5 Å². The molecule has 0 fully saturated rings. The highest BCUT2D eigenvalue weighted by Crippen LogP contribution is 2.48. The smallest absolute Gasteiger partial charge is 0.00952 e. The first kappa shape index (κ1) is 10.4. The highest BCUT2D eigenvalue weighted by Gasteiger charge is 2.32. The van der Waals surface area contributed by atoms with Gasteiger partial charge in [-0.05, 0) is 35.1 Å². The average Bonchev–Trinajstić information content (AvgIpc) is 2.39. The Bertz CT molecular complexity index is 483. The van der Waals surface area contributed by atoms with Crippen LogP contribution < -0.4 is 0 Å². The number of hydrogen-bond acceptors (Lipinski definition) is 0. The van der Waals surface area contributed by atoms with E-state index >= 15 is 0 Å². The third kappa shape index (κ3) is 1.38. The lowest BCUT2D eigenvalue weighted by Gasteiger charge is -2.36. The van der Waals surface area contributed by atoms with Gasteiger partial charge in [-0.25, -0.2) is 0 Å². The van der Waals surface area contributed by atoms with Gasteiger partial charge in [-0.3, -0.25) is 0 Å². The lowest BCUT2D eigenvalue weighted by molar-refractivity contribution is 0.515. The molecule has 18 heavy (non-hydrogen) atoms. The Labute approximate surface area is 109 Å². The van der Waals surface area contributed by atoms with Crippen LogP contribution in [0.2, 0.25) is 0 Å². The summed E-state index contributed by atoms with van der Waals surface area (Å²) in [4.78, 5) is 0. The van der Waals surface area contributed by atoms with Gasteiger partial charge < -0.3 is 0 Å². The van der Waals surface area contributed by atoms with Gasteiger partial charge in [-0.1, -0.05) is 61.4 Å². The molecule has 4 rings (SSSR count). The maximum Gasteiger partial charge on any atom is 0.00952 e. The van der Waals surface area contributed by atoms with Gasteiger partial charge in [0.1, 0.15) is 0 Å². The van der Waals surface area contributed by atoms with Crippen LogP contribution in [-0.2, 0) is 0 Å². The van der Waals surface area contributed by atoms with E-state index in [1.807, 2.05) is 0 Å². The topological polar surface area (TPSA) is 0 Å². The van der Waals surface area contributed by atoms with Crippen molar-refractivity contribution in [3.63, 3.8) is 0 Å². The fourth-order valence-electron chi connectivity index (χ4n) is 3.95.